The van der Waals surface area contributed by atoms with E-state index in [1.165, 1.54) is 11.1 Å². The van der Waals surface area contributed by atoms with Crippen molar-refractivity contribution < 1.29 is 4.42 Å². The Morgan fingerprint density at radius 1 is 1.26 bits per heavy atom. The summed E-state index contributed by atoms with van der Waals surface area (Å²) in [5, 5.41) is 3.55. The lowest BCUT2D eigenvalue weighted by molar-refractivity contribution is 0.443. The van der Waals surface area contributed by atoms with Crippen molar-refractivity contribution in [2.75, 3.05) is 6.54 Å². The highest BCUT2D eigenvalue weighted by molar-refractivity contribution is 9.10. The molecule has 2 nitrogen and oxygen atoms in total. The first-order valence-corrected chi connectivity index (χ1v) is 7.94. The Balaban J connectivity index is 2.40. The molecule has 0 aliphatic carbocycles. The Hall–Kier alpha value is -0.580. The standard InChI is InChI=1S/C15H17Br2NO/c1-3-7-18-14(15-13(17)6-8-19-15)12-5-4-11(16)9-10(12)2/h4-6,8-9,14,18H,3,7H2,1-2H3. The van der Waals surface area contributed by atoms with E-state index < -0.39 is 0 Å². The van der Waals surface area contributed by atoms with Gasteiger partial charge in [0.1, 0.15) is 5.76 Å². The topological polar surface area (TPSA) is 25.2 Å². The van der Waals surface area contributed by atoms with Crippen molar-refractivity contribution in [2.24, 2.45) is 0 Å². The van der Waals surface area contributed by atoms with Crippen LogP contribution in [0.3, 0.4) is 0 Å². The number of benzene rings is 1. The summed E-state index contributed by atoms with van der Waals surface area (Å²) in [6.07, 6.45) is 2.80. The first-order chi connectivity index (χ1) is 9.13. The summed E-state index contributed by atoms with van der Waals surface area (Å²) >= 11 is 7.06. The average Bonchev–Trinajstić information content (AvgIpc) is 2.78. The molecular formula is C15H17Br2NO. The molecule has 4 heteroatoms. The smallest absolute Gasteiger partial charge is 0.139 e. The van der Waals surface area contributed by atoms with Crippen molar-refractivity contribution in [3.8, 4) is 0 Å². The highest BCUT2D eigenvalue weighted by Gasteiger charge is 2.21. The number of furan rings is 1. The molecule has 1 atom stereocenters. The molecule has 0 aliphatic heterocycles. The van der Waals surface area contributed by atoms with Crippen LogP contribution < -0.4 is 5.32 Å². The lowest BCUT2D eigenvalue weighted by Gasteiger charge is -2.19. The van der Waals surface area contributed by atoms with E-state index >= 15 is 0 Å². The van der Waals surface area contributed by atoms with Crippen molar-refractivity contribution in [1.29, 1.82) is 0 Å². The Morgan fingerprint density at radius 3 is 2.63 bits per heavy atom. The van der Waals surface area contributed by atoms with Gasteiger partial charge >= 0.3 is 0 Å². The summed E-state index contributed by atoms with van der Waals surface area (Å²) in [4.78, 5) is 0. The maximum atomic E-state index is 5.64. The molecule has 1 aromatic carbocycles. The maximum Gasteiger partial charge on any atom is 0.139 e. The molecule has 1 heterocycles. The third-order valence-corrected chi connectivity index (χ3v) is 4.20. The highest BCUT2D eigenvalue weighted by Crippen LogP contribution is 2.32. The third kappa shape index (κ3) is 3.50. The molecule has 0 amide bonds. The first kappa shape index (κ1) is 14.8. The second-order valence-electron chi connectivity index (χ2n) is 4.52. The molecule has 1 unspecified atom stereocenters. The fourth-order valence-electron chi connectivity index (χ4n) is 2.11. The zero-order valence-electron chi connectivity index (χ0n) is 11.0. The van der Waals surface area contributed by atoms with Gasteiger partial charge in [0, 0.05) is 4.47 Å². The fourth-order valence-corrected chi connectivity index (χ4v) is 3.01. The van der Waals surface area contributed by atoms with Crippen LogP contribution >= 0.6 is 31.9 Å². The minimum atomic E-state index is 0.0809. The van der Waals surface area contributed by atoms with Crippen LogP contribution in [-0.4, -0.2) is 6.54 Å². The molecule has 0 saturated carbocycles. The summed E-state index contributed by atoms with van der Waals surface area (Å²) in [6.45, 7) is 5.24. The van der Waals surface area contributed by atoms with Gasteiger partial charge in [-0.1, -0.05) is 28.9 Å². The second kappa shape index (κ2) is 6.73. The van der Waals surface area contributed by atoms with Crippen LogP contribution in [0.5, 0.6) is 0 Å². The minimum Gasteiger partial charge on any atom is -0.466 e. The van der Waals surface area contributed by atoms with Gasteiger partial charge in [-0.3, -0.25) is 0 Å². The molecule has 0 radical (unpaired) electrons. The van der Waals surface area contributed by atoms with Crippen LogP contribution in [-0.2, 0) is 0 Å². The Kier molecular flexibility index (Phi) is 5.25. The number of halogens is 2. The second-order valence-corrected chi connectivity index (χ2v) is 6.29. The normalized spacial score (nSPS) is 12.6. The van der Waals surface area contributed by atoms with Gasteiger partial charge in [-0.2, -0.15) is 0 Å². The molecule has 0 saturated heterocycles. The van der Waals surface area contributed by atoms with Gasteiger partial charge in [0.2, 0.25) is 0 Å². The number of hydrogen-bond donors (Lipinski definition) is 1. The summed E-state index contributed by atoms with van der Waals surface area (Å²) in [6, 6.07) is 8.36. The molecular weight excluding hydrogens is 370 g/mol. The molecule has 19 heavy (non-hydrogen) atoms. The van der Waals surface area contributed by atoms with E-state index in [0.717, 1.165) is 27.7 Å². The van der Waals surface area contributed by atoms with Gasteiger partial charge in [0.05, 0.1) is 16.8 Å². The number of rotatable bonds is 5. The first-order valence-electron chi connectivity index (χ1n) is 6.35. The van der Waals surface area contributed by atoms with Crippen LogP contribution in [0.4, 0.5) is 0 Å². The average molecular weight is 387 g/mol. The van der Waals surface area contributed by atoms with Gasteiger partial charge < -0.3 is 9.73 Å². The summed E-state index contributed by atoms with van der Waals surface area (Å²) in [5.74, 6) is 0.930. The molecule has 0 bridgehead atoms. The molecule has 0 aliphatic rings. The van der Waals surface area contributed by atoms with Crippen molar-refractivity contribution in [3.05, 3.63) is 56.4 Å². The molecule has 0 fully saturated rings. The molecule has 2 rings (SSSR count). The molecule has 0 spiro atoms. The maximum absolute atomic E-state index is 5.64. The Bertz CT molecular complexity index is 551. The van der Waals surface area contributed by atoms with E-state index in [1.54, 1.807) is 6.26 Å². The minimum absolute atomic E-state index is 0.0809. The van der Waals surface area contributed by atoms with Gasteiger partial charge in [-0.15, -0.1) is 0 Å². The number of nitrogens with one attached hydrogen (secondary N) is 1. The predicted molar refractivity (Wildman–Crippen MR) is 85.4 cm³/mol. The molecule has 1 N–H and O–H groups in total. The lowest BCUT2D eigenvalue weighted by atomic mass is 9.99. The van der Waals surface area contributed by atoms with Crippen molar-refractivity contribution >= 4 is 31.9 Å². The van der Waals surface area contributed by atoms with Crippen molar-refractivity contribution in [2.45, 2.75) is 26.3 Å². The highest BCUT2D eigenvalue weighted by atomic mass is 79.9. The van der Waals surface area contributed by atoms with Gasteiger partial charge in [-0.25, -0.2) is 0 Å². The number of hydrogen-bond acceptors (Lipinski definition) is 2. The zero-order valence-corrected chi connectivity index (χ0v) is 14.2. The van der Waals surface area contributed by atoms with E-state index in [0.29, 0.717) is 0 Å². The third-order valence-electron chi connectivity index (χ3n) is 3.05. The van der Waals surface area contributed by atoms with E-state index in [-0.39, 0.29) is 6.04 Å². The van der Waals surface area contributed by atoms with Gasteiger partial charge in [0.25, 0.3) is 0 Å². The van der Waals surface area contributed by atoms with E-state index in [2.05, 4.69) is 69.2 Å². The van der Waals surface area contributed by atoms with Crippen LogP contribution in [0, 0.1) is 6.92 Å². The molecule has 2 aromatic rings. The van der Waals surface area contributed by atoms with Crippen molar-refractivity contribution in [1.82, 2.24) is 5.32 Å². The predicted octanol–water partition coefficient (Wildman–Crippen LogP) is 5.20. The van der Waals surface area contributed by atoms with E-state index in [4.69, 9.17) is 4.42 Å². The zero-order chi connectivity index (χ0) is 13.8. The van der Waals surface area contributed by atoms with E-state index in [1.807, 2.05) is 6.07 Å². The Morgan fingerprint density at radius 2 is 2.05 bits per heavy atom. The summed E-state index contributed by atoms with van der Waals surface area (Å²) in [7, 11) is 0. The van der Waals surface area contributed by atoms with Crippen molar-refractivity contribution in [3.63, 3.8) is 0 Å². The lowest BCUT2D eigenvalue weighted by Crippen LogP contribution is -2.23. The van der Waals surface area contributed by atoms with Gasteiger partial charge in [-0.05, 0) is 65.1 Å². The quantitative estimate of drug-likeness (QED) is 0.763. The summed E-state index contributed by atoms with van der Waals surface area (Å²) < 4.78 is 7.74. The number of aryl methyl sites for hydroxylation is 1. The Labute approximate surface area is 130 Å². The molecule has 102 valence electrons. The van der Waals surface area contributed by atoms with Crippen LogP contribution in [0.15, 0.2) is 43.9 Å². The van der Waals surface area contributed by atoms with Crippen LogP contribution in [0.1, 0.15) is 36.3 Å². The SMILES string of the molecule is CCCNC(c1ccc(Br)cc1C)c1occc1Br. The summed E-state index contributed by atoms with van der Waals surface area (Å²) in [5.41, 5.74) is 2.48. The molecule has 1 aromatic heterocycles. The van der Waals surface area contributed by atoms with Gasteiger partial charge in [0.15, 0.2) is 0 Å². The van der Waals surface area contributed by atoms with Crippen LogP contribution in [0.2, 0.25) is 0 Å². The largest absolute Gasteiger partial charge is 0.466 e. The monoisotopic (exact) mass is 385 g/mol. The van der Waals surface area contributed by atoms with Crippen LogP contribution in [0.25, 0.3) is 0 Å². The van der Waals surface area contributed by atoms with E-state index in [9.17, 15) is 0 Å². The fraction of sp³-hybridized carbons (Fsp3) is 0.333.